The summed E-state index contributed by atoms with van der Waals surface area (Å²) in [6.07, 6.45) is 0. The standard InChI is InChI=1S/C21H18ClFN2O3S/c1-25(14-18-19(22)11-6-12-20(18)23)21(26)15-7-5-8-16(13-15)24-29(27,28)17-9-3-2-4-10-17/h2-13,24H,14H2,1H3. The first-order valence-corrected chi connectivity index (χ1v) is 10.5. The summed E-state index contributed by atoms with van der Waals surface area (Å²) in [6, 6.07) is 18.3. The molecule has 0 spiro atoms. The molecular weight excluding hydrogens is 415 g/mol. The molecule has 1 N–H and O–H groups in total. The van der Waals surface area contributed by atoms with Gasteiger partial charge in [-0.25, -0.2) is 12.8 Å². The van der Waals surface area contributed by atoms with Gasteiger partial charge < -0.3 is 4.90 Å². The Labute approximate surface area is 173 Å². The van der Waals surface area contributed by atoms with Crippen LogP contribution in [-0.2, 0) is 16.6 Å². The zero-order valence-corrected chi connectivity index (χ0v) is 17.0. The van der Waals surface area contributed by atoms with Crippen LogP contribution in [0.15, 0.2) is 77.7 Å². The molecule has 3 rings (SSSR count). The van der Waals surface area contributed by atoms with Gasteiger partial charge in [0.05, 0.1) is 4.90 Å². The molecular formula is C21H18ClFN2O3S. The highest BCUT2D eigenvalue weighted by Gasteiger charge is 2.18. The second-order valence-corrected chi connectivity index (χ2v) is 8.45. The van der Waals surface area contributed by atoms with E-state index >= 15 is 0 Å². The van der Waals surface area contributed by atoms with Crippen LogP contribution < -0.4 is 4.72 Å². The van der Waals surface area contributed by atoms with E-state index in [0.29, 0.717) is 0 Å². The Bertz CT molecular complexity index is 1120. The van der Waals surface area contributed by atoms with Crippen LogP contribution >= 0.6 is 11.6 Å². The molecule has 5 nitrogen and oxygen atoms in total. The molecule has 3 aromatic carbocycles. The number of benzene rings is 3. The summed E-state index contributed by atoms with van der Waals surface area (Å²) >= 11 is 6.03. The number of carbonyl (C=O) groups excluding carboxylic acids is 1. The number of carbonyl (C=O) groups is 1. The average molecular weight is 433 g/mol. The van der Waals surface area contributed by atoms with Crippen molar-refractivity contribution < 1.29 is 17.6 Å². The summed E-state index contributed by atoms with van der Waals surface area (Å²) in [4.78, 5) is 14.2. The van der Waals surface area contributed by atoms with Crippen molar-refractivity contribution >= 4 is 33.2 Å². The van der Waals surface area contributed by atoms with Gasteiger partial charge in [-0.1, -0.05) is 41.9 Å². The molecule has 3 aromatic rings. The summed E-state index contributed by atoms with van der Waals surface area (Å²) in [7, 11) is -2.26. The lowest BCUT2D eigenvalue weighted by Gasteiger charge is -2.19. The number of amides is 1. The third kappa shape index (κ3) is 4.93. The number of hydrogen-bond donors (Lipinski definition) is 1. The molecule has 0 atom stereocenters. The van der Waals surface area contributed by atoms with Crippen molar-refractivity contribution in [1.82, 2.24) is 4.90 Å². The maximum Gasteiger partial charge on any atom is 0.261 e. The van der Waals surface area contributed by atoms with Crippen molar-refractivity contribution in [3.05, 3.63) is 94.8 Å². The number of nitrogens with one attached hydrogen (secondary N) is 1. The lowest BCUT2D eigenvalue weighted by atomic mass is 10.1. The van der Waals surface area contributed by atoms with Gasteiger partial charge in [0.1, 0.15) is 5.82 Å². The van der Waals surface area contributed by atoms with Crippen molar-refractivity contribution in [2.45, 2.75) is 11.4 Å². The third-order valence-electron chi connectivity index (χ3n) is 4.22. The Morgan fingerprint density at radius 3 is 2.41 bits per heavy atom. The van der Waals surface area contributed by atoms with E-state index in [1.807, 2.05) is 0 Å². The monoisotopic (exact) mass is 432 g/mol. The molecule has 0 heterocycles. The summed E-state index contributed by atoms with van der Waals surface area (Å²) in [6.45, 7) is -0.0235. The summed E-state index contributed by atoms with van der Waals surface area (Å²) in [5, 5.41) is 0.231. The molecule has 0 aliphatic rings. The van der Waals surface area contributed by atoms with Crippen molar-refractivity contribution in [1.29, 1.82) is 0 Å². The molecule has 0 fully saturated rings. The van der Waals surface area contributed by atoms with Gasteiger partial charge in [-0.2, -0.15) is 0 Å². The van der Waals surface area contributed by atoms with Gasteiger partial charge in [0.25, 0.3) is 15.9 Å². The van der Waals surface area contributed by atoms with E-state index in [4.69, 9.17) is 11.6 Å². The third-order valence-corrected chi connectivity index (χ3v) is 5.97. The zero-order valence-electron chi connectivity index (χ0n) is 15.5. The zero-order chi connectivity index (χ0) is 21.0. The fraction of sp³-hybridized carbons (Fsp3) is 0.0952. The SMILES string of the molecule is CN(Cc1c(F)cccc1Cl)C(=O)c1cccc(NS(=O)(=O)c2ccccc2)c1. The van der Waals surface area contributed by atoms with Crippen LogP contribution in [-0.4, -0.2) is 26.3 Å². The van der Waals surface area contributed by atoms with E-state index in [-0.39, 0.29) is 33.3 Å². The molecule has 29 heavy (non-hydrogen) atoms. The molecule has 150 valence electrons. The summed E-state index contributed by atoms with van der Waals surface area (Å²) < 4.78 is 41.4. The Morgan fingerprint density at radius 2 is 1.72 bits per heavy atom. The predicted molar refractivity (Wildman–Crippen MR) is 111 cm³/mol. The van der Waals surface area contributed by atoms with Crippen molar-refractivity contribution in [3.8, 4) is 0 Å². The molecule has 0 radical (unpaired) electrons. The van der Waals surface area contributed by atoms with E-state index in [2.05, 4.69) is 4.72 Å². The smallest absolute Gasteiger partial charge is 0.261 e. The number of hydrogen-bond acceptors (Lipinski definition) is 3. The molecule has 0 aliphatic heterocycles. The average Bonchev–Trinajstić information content (AvgIpc) is 2.70. The number of anilines is 1. The molecule has 8 heteroatoms. The number of nitrogens with zero attached hydrogens (tertiary/aromatic N) is 1. The number of halogens is 2. The first-order valence-electron chi connectivity index (χ1n) is 8.64. The minimum absolute atomic E-state index is 0.0235. The van der Waals surface area contributed by atoms with E-state index < -0.39 is 21.7 Å². The van der Waals surface area contributed by atoms with Crippen LogP contribution in [0.3, 0.4) is 0 Å². The Morgan fingerprint density at radius 1 is 1.03 bits per heavy atom. The number of sulfonamides is 1. The van der Waals surface area contributed by atoms with Gasteiger partial charge in [-0.15, -0.1) is 0 Å². The highest BCUT2D eigenvalue weighted by Crippen LogP contribution is 2.22. The predicted octanol–water partition coefficient (Wildman–Crippen LogP) is 4.55. The Hall–Kier alpha value is -2.90. The van der Waals surface area contributed by atoms with Crippen LogP contribution in [0.25, 0.3) is 0 Å². The minimum atomic E-state index is -3.78. The lowest BCUT2D eigenvalue weighted by molar-refractivity contribution is 0.0784. The fourth-order valence-electron chi connectivity index (χ4n) is 2.74. The van der Waals surface area contributed by atoms with Gasteiger partial charge in [0.15, 0.2) is 0 Å². The van der Waals surface area contributed by atoms with Crippen LogP contribution in [0.4, 0.5) is 10.1 Å². The van der Waals surface area contributed by atoms with Gasteiger partial charge in [-0.05, 0) is 42.5 Å². The van der Waals surface area contributed by atoms with E-state index in [9.17, 15) is 17.6 Å². The molecule has 0 saturated heterocycles. The largest absolute Gasteiger partial charge is 0.337 e. The molecule has 0 unspecified atom stereocenters. The lowest BCUT2D eigenvalue weighted by Crippen LogP contribution is -2.27. The maximum atomic E-state index is 14.0. The Balaban J connectivity index is 1.79. The van der Waals surface area contributed by atoms with Crippen LogP contribution in [0.5, 0.6) is 0 Å². The van der Waals surface area contributed by atoms with E-state index in [0.717, 1.165) is 0 Å². The van der Waals surface area contributed by atoms with E-state index in [1.54, 1.807) is 42.5 Å². The molecule has 0 aromatic heterocycles. The molecule has 0 saturated carbocycles. The second kappa shape index (κ2) is 8.63. The normalized spacial score (nSPS) is 11.1. The van der Waals surface area contributed by atoms with Gasteiger partial charge in [-0.3, -0.25) is 9.52 Å². The van der Waals surface area contributed by atoms with Gasteiger partial charge >= 0.3 is 0 Å². The highest BCUT2D eigenvalue weighted by molar-refractivity contribution is 7.92. The molecule has 0 aliphatic carbocycles. The number of rotatable bonds is 6. The van der Waals surface area contributed by atoms with Crippen LogP contribution in [0.2, 0.25) is 5.02 Å². The van der Waals surface area contributed by atoms with Crippen molar-refractivity contribution in [2.75, 3.05) is 11.8 Å². The second-order valence-electron chi connectivity index (χ2n) is 6.36. The first-order chi connectivity index (χ1) is 13.8. The van der Waals surface area contributed by atoms with Crippen LogP contribution in [0, 0.1) is 5.82 Å². The fourth-order valence-corrected chi connectivity index (χ4v) is 4.04. The Kier molecular flexibility index (Phi) is 6.20. The topological polar surface area (TPSA) is 66.5 Å². The van der Waals surface area contributed by atoms with Crippen molar-refractivity contribution in [2.24, 2.45) is 0 Å². The quantitative estimate of drug-likeness (QED) is 0.621. The summed E-state index contributed by atoms with van der Waals surface area (Å²) in [5.41, 5.74) is 0.719. The minimum Gasteiger partial charge on any atom is -0.337 e. The molecule has 0 bridgehead atoms. The maximum absolute atomic E-state index is 14.0. The van der Waals surface area contributed by atoms with Gasteiger partial charge in [0, 0.05) is 35.4 Å². The van der Waals surface area contributed by atoms with Crippen molar-refractivity contribution in [3.63, 3.8) is 0 Å². The van der Waals surface area contributed by atoms with Gasteiger partial charge in [0.2, 0.25) is 0 Å². The summed E-state index contributed by atoms with van der Waals surface area (Å²) in [5.74, 6) is -0.897. The van der Waals surface area contributed by atoms with Crippen LogP contribution in [0.1, 0.15) is 15.9 Å². The highest BCUT2D eigenvalue weighted by atomic mass is 35.5. The van der Waals surface area contributed by atoms with E-state index in [1.165, 1.54) is 42.3 Å². The molecule has 1 amide bonds. The first kappa shape index (κ1) is 20.8.